The summed E-state index contributed by atoms with van der Waals surface area (Å²) >= 11 is 0. The highest BCUT2D eigenvalue weighted by Gasteiger charge is 2.35. The lowest BCUT2D eigenvalue weighted by Crippen LogP contribution is -2.28. The minimum atomic E-state index is -4.64. The molecule has 160 valence electrons. The van der Waals surface area contributed by atoms with E-state index in [2.05, 4.69) is 25.5 Å². The molecular formula is C18H20F3N7O2. The Labute approximate surface area is 169 Å². The van der Waals surface area contributed by atoms with Crippen molar-refractivity contribution in [2.75, 3.05) is 14.1 Å². The van der Waals surface area contributed by atoms with E-state index in [9.17, 15) is 18.0 Å². The molecule has 12 heteroatoms. The number of amides is 1. The summed E-state index contributed by atoms with van der Waals surface area (Å²) in [5.74, 6) is -0.319. The number of carbonyl (C=O) groups excluding carboxylic acids is 1. The molecule has 3 aromatic rings. The fraction of sp³-hybridized carbons (Fsp3) is 0.389. The number of nitrogens with zero attached hydrogens (tertiary/aromatic N) is 6. The molecule has 0 bridgehead atoms. The second kappa shape index (κ2) is 8.22. The molecule has 1 unspecified atom stereocenters. The van der Waals surface area contributed by atoms with Gasteiger partial charge in [-0.05, 0) is 33.2 Å². The first-order valence-electron chi connectivity index (χ1n) is 8.90. The van der Waals surface area contributed by atoms with Crippen molar-refractivity contribution in [2.24, 2.45) is 7.05 Å². The van der Waals surface area contributed by atoms with E-state index in [1.165, 1.54) is 7.05 Å². The topological polar surface area (TPSA) is 102 Å². The number of pyridine rings is 1. The lowest BCUT2D eigenvalue weighted by atomic mass is 10.2. The second-order valence-electron chi connectivity index (χ2n) is 6.96. The third kappa shape index (κ3) is 4.82. The average molecular weight is 423 g/mol. The zero-order chi connectivity index (χ0) is 22.1. The van der Waals surface area contributed by atoms with Crippen LogP contribution in [0, 0.1) is 0 Å². The van der Waals surface area contributed by atoms with Crippen LogP contribution in [-0.4, -0.2) is 49.8 Å². The van der Waals surface area contributed by atoms with Gasteiger partial charge in [-0.1, -0.05) is 5.16 Å². The molecule has 0 aliphatic carbocycles. The third-order valence-electron chi connectivity index (χ3n) is 4.12. The van der Waals surface area contributed by atoms with Crippen LogP contribution in [0.3, 0.4) is 0 Å². The van der Waals surface area contributed by atoms with Crippen LogP contribution in [0.4, 0.5) is 13.2 Å². The van der Waals surface area contributed by atoms with E-state index in [-0.39, 0.29) is 11.6 Å². The largest absolute Gasteiger partial charge is 0.435 e. The zero-order valence-corrected chi connectivity index (χ0v) is 16.7. The number of nitrogens with one attached hydrogen (secondary N) is 1. The predicted octanol–water partition coefficient (Wildman–Crippen LogP) is 2.44. The highest BCUT2D eigenvalue weighted by atomic mass is 19.4. The van der Waals surface area contributed by atoms with Crippen LogP contribution in [0.15, 0.2) is 28.9 Å². The van der Waals surface area contributed by atoms with Gasteiger partial charge in [-0.3, -0.25) is 14.5 Å². The van der Waals surface area contributed by atoms with Crippen molar-refractivity contribution in [2.45, 2.75) is 25.7 Å². The van der Waals surface area contributed by atoms with Crippen molar-refractivity contribution in [1.82, 2.24) is 35.1 Å². The molecule has 0 aliphatic heterocycles. The first-order valence-corrected chi connectivity index (χ1v) is 8.90. The standard InChI is InChI=1S/C18H20F3N7O2/c1-10(23-16(29)13-8-14(18(19,20)21)25-28(13)4)17-24-15(26-30-17)11-5-6-22-12(7-11)9-27(2)3/h5-8,10H,9H2,1-4H3,(H,23,29). The molecular weight excluding hydrogens is 403 g/mol. The minimum Gasteiger partial charge on any atom is -0.339 e. The average Bonchev–Trinajstić information content (AvgIpc) is 3.28. The number of aromatic nitrogens is 5. The molecule has 3 heterocycles. The highest BCUT2D eigenvalue weighted by Crippen LogP contribution is 2.28. The molecule has 1 atom stereocenters. The van der Waals surface area contributed by atoms with Gasteiger partial charge in [0.2, 0.25) is 11.7 Å². The molecule has 9 nitrogen and oxygen atoms in total. The summed E-state index contributed by atoms with van der Waals surface area (Å²) in [6.45, 7) is 2.22. The summed E-state index contributed by atoms with van der Waals surface area (Å²) in [6, 6.07) is 3.51. The Hall–Kier alpha value is -3.28. The van der Waals surface area contributed by atoms with Gasteiger partial charge in [0.25, 0.3) is 5.91 Å². The normalized spacial score (nSPS) is 12.9. The van der Waals surface area contributed by atoms with Crippen molar-refractivity contribution < 1.29 is 22.5 Å². The molecule has 30 heavy (non-hydrogen) atoms. The first kappa shape index (κ1) is 21.4. The smallest absolute Gasteiger partial charge is 0.339 e. The van der Waals surface area contributed by atoms with E-state index in [0.29, 0.717) is 24.0 Å². The van der Waals surface area contributed by atoms with E-state index in [1.54, 1.807) is 19.2 Å². The fourth-order valence-corrected chi connectivity index (χ4v) is 2.71. The fourth-order valence-electron chi connectivity index (χ4n) is 2.71. The molecule has 3 rings (SSSR count). The van der Waals surface area contributed by atoms with Crippen LogP contribution >= 0.6 is 0 Å². The molecule has 1 N–H and O–H groups in total. The van der Waals surface area contributed by atoms with Gasteiger partial charge in [0.15, 0.2) is 5.69 Å². The summed E-state index contributed by atoms with van der Waals surface area (Å²) in [7, 11) is 5.10. The maximum atomic E-state index is 12.8. The summed E-state index contributed by atoms with van der Waals surface area (Å²) in [5.41, 5.74) is 0.129. The SMILES string of the molecule is CC(NC(=O)c1cc(C(F)(F)F)nn1C)c1nc(-c2ccnc(CN(C)C)c2)no1. The molecule has 3 aromatic heterocycles. The second-order valence-corrected chi connectivity index (χ2v) is 6.96. The van der Waals surface area contributed by atoms with Gasteiger partial charge in [-0.25, -0.2) is 0 Å². The minimum absolute atomic E-state index is 0.113. The Bertz CT molecular complexity index is 1040. The van der Waals surface area contributed by atoms with Crippen LogP contribution in [0.2, 0.25) is 0 Å². The number of alkyl halides is 3. The summed E-state index contributed by atoms with van der Waals surface area (Å²) < 4.78 is 44.4. The van der Waals surface area contributed by atoms with Crippen molar-refractivity contribution in [3.05, 3.63) is 47.4 Å². The highest BCUT2D eigenvalue weighted by molar-refractivity contribution is 5.92. The third-order valence-corrected chi connectivity index (χ3v) is 4.12. The van der Waals surface area contributed by atoms with Crippen LogP contribution in [0.1, 0.15) is 40.7 Å². The zero-order valence-electron chi connectivity index (χ0n) is 16.7. The van der Waals surface area contributed by atoms with E-state index in [0.717, 1.165) is 10.4 Å². The van der Waals surface area contributed by atoms with Crippen molar-refractivity contribution in [3.8, 4) is 11.4 Å². The van der Waals surface area contributed by atoms with E-state index in [4.69, 9.17) is 4.52 Å². The van der Waals surface area contributed by atoms with Gasteiger partial charge in [0.1, 0.15) is 11.7 Å². The Morgan fingerprint density at radius 3 is 2.70 bits per heavy atom. The number of aryl methyl sites for hydroxylation is 1. The number of rotatable bonds is 6. The van der Waals surface area contributed by atoms with Crippen LogP contribution in [0.25, 0.3) is 11.4 Å². The number of carbonyl (C=O) groups is 1. The van der Waals surface area contributed by atoms with Gasteiger partial charge in [0, 0.05) is 31.4 Å². The number of hydrogen-bond donors (Lipinski definition) is 1. The Balaban J connectivity index is 1.73. The molecule has 0 aliphatic rings. The Morgan fingerprint density at radius 1 is 1.33 bits per heavy atom. The van der Waals surface area contributed by atoms with Crippen LogP contribution < -0.4 is 5.32 Å². The molecule has 0 saturated carbocycles. The van der Waals surface area contributed by atoms with Crippen molar-refractivity contribution in [3.63, 3.8) is 0 Å². The quantitative estimate of drug-likeness (QED) is 0.650. The predicted molar refractivity (Wildman–Crippen MR) is 99.0 cm³/mol. The summed E-state index contributed by atoms with van der Waals surface area (Å²) in [6.07, 6.45) is -3.00. The maximum Gasteiger partial charge on any atom is 0.435 e. The van der Waals surface area contributed by atoms with Gasteiger partial charge in [-0.2, -0.15) is 23.3 Å². The lowest BCUT2D eigenvalue weighted by Gasteiger charge is -2.09. The molecule has 0 radical (unpaired) electrons. The monoisotopic (exact) mass is 423 g/mol. The molecule has 0 saturated heterocycles. The van der Waals surface area contributed by atoms with Crippen molar-refractivity contribution in [1.29, 1.82) is 0 Å². The first-order chi connectivity index (χ1) is 14.0. The van der Waals surface area contributed by atoms with E-state index >= 15 is 0 Å². The van der Waals surface area contributed by atoms with Crippen LogP contribution in [0.5, 0.6) is 0 Å². The molecule has 0 aromatic carbocycles. The summed E-state index contributed by atoms with van der Waals surface area (Å²) in [4.78, 5) is 22.9. The maximum absolute atomic E-state index is 12.8. The Morgan fingerprint density at radius 2 is 2.07 bits per heavy atom. The van der Waals surface area contributed by atoms with Gasteiger partial charge in [-0.15, -0.1) is 0 Å². The molecule has 0 spiro atoms. The molecule has 0 fully saturated rings. The number of halogens is 3. The van der Waals surface area contributed by atoms with Gasteiger partial charge < -0.3 is 14.7 Å². The number of hydrogen-bond acceptors (Lipinski definition) is 7. The van der Waals surface area contributed by atoms with Gasteiger partial charge >= 0.3 is 6.18 Å². The van der Waals surface area contributed by atoms with Crippen molar-refractivity contribution >= 4 is 5.91 Å². The Kier molecular flexibility index (Phi) is 5.87. The lowest BCUT2D eigenvalue weighted by molar-refractivity contribution is -0.141. The van der Waals surface area contributed by atoms with E-state index < -0.39 is 23.8 Å². The van der Waals surface area contributed by atoms with E-state index in [1.807, 2.05) is 25.1 Å². The van der Waals surface area contributed by atoms with Gasteiger partial charge in [0.05, 0.1) is 5.69 Å². The summed E-state index contributed by atoms with van der Waals surface area (Å²) in [5, 5.41) is 9.78. The molecule has 1 amide bonds. The van der Waals surface area contributed by atoms with Crippen LogP contribution in [-0.2, 0) is 19.8 Å².